The number of carbonyl (C=O) groups excluding carboxylic acids is 3. The lowest BCUT2D eigenvalue weighted by molar-refractivity contribution is -0.142. The highest BCUT2D eigenvalue weighted by Crippen LogP contribution is 2.24. The molecule has 7 nitrogen and oxygen atoms in total. The van der Waals surface area contributed by atoms with Crippen molar-refractivity contribution in [3.05, 3.63) is 35.4 Å². The lowest BCUT2D eigenvalue weighted by Gasteiger charge is -2.34. The van der Waals surface area contributed by atoms with Crippen molar-refractivity contribution in [1.82, 2.24) is 15.5 Å². The molecule has 0 saturated carbocycles. The highest BCUT2D eigenvalue weighted by atomic mass is 32.1. The molecule has 8 heteroatoms. The van der Waals surface area contributed by atoms with Crippen LogP contribution < -0.4 is 10.6 Å². The minimum Gasteiger partial charge on any atom is -0.444 e. The van der Waals surface area contributed by atoms with Gasteiger partial charge in [-0.25, -0.2) is 4.79 Å². The number of unbranched alkanes of at least 4 members (excludes halogenated alkanes) is 2. The van der Waals surface area contributed by atoms with Crippen LogP contribution in [0.5, 0.6) is 0 Å². The van der Waals surface area contributed by atoms with E-state index >= 15 is 0 Å². The highest BCUT2D eigenvalue weighted by molar-refractivity contribution is 7.80. The SMILES string of the molecule is CCCCCNC(=O)C(c1ccc(C)cc1)N(CCC)C(=O)C(CS)NC(=O)OC(C)(C)C. The van der Waals surface area contributed by atoms with Crippen LogP contribution in [0.2, 0.25) is 0 Å². The minimum absolute atomic E-state index is 0.0804. The largest absolute Gasteiger partial charge is 0.444 e. The molecular formula is C25H41N3O4S. The molecule has 0 aliphatic rings. The fourth-order valence-electron chi connectivity index (χ4n) is 3.35. The number of thiol groups is 1. The second kappa shape index (κ2) is 14.1. The van der Waals surface area contributed by atoms with Gasteiger partial charge in [0.1, 0.15) is 17.7 Å². The van der Waals surface area contributed by atoms with E-state index in [1.54, 1.807) is 20.8 Å². The molecule has 2 N–H and O–H groups in total. The number of amides is 3. The van der Waals surface area contributed by atoms with Crippen molar-refractivity contribution >= 4 is 30.5 Å². The van der Waals surface area contributed by atoms with Gasteiger partial charge < -0.3 is 20.3 Å². The van der Waals surface area contributed by atoms with Crippen LogP contribution in [-0.4, -0.2) is 53.3 Å². The Hall–Kier alpha value is -2.22. The van der Waals surface area contributed by atoms with Gasteiger partial charge in [0.2, 0.25) is 11.8 Å². The Bertz CT molecular complexity index is 762. The third kappa shape index (κ3) is 10.1. The summed E-state index contributed by atoms with van der Waals surface area (Å²) >= 11 is 4.29. The van der Waals surface area contributed by atoms with Crippen LogP contribution in [-0.2, 0) is 14.3 Å². The number of alkyl carbamates (subject to hydrolysis) is 1. The van der Waals surface area contributed by atoms with E-state index in [2.05, 4.69) is 30.2 Å². The lowest BCUT2D eigenvalue weighted by atomic mass is 10.0. The van der Waals surface area contributed by atoms with Crippen molar-refractivity contribution in [2.45, 2.75) is 84.9 Å². The Morgan fingerprint density at radius 2 is 1.70 bits per heavy atom. The fourth-order valence-corrected chi connectivity index (χ4v) is 3.60. The number of nitrogens with one attached hydrogen (secondary N) is 2. The molecule has 1 aromatic rings. The average molecular weight is 480 g/mol. The summed E-state index contributed by atoms with van der Waals surface area (Å²) in [6.45, 7) is 12.2. The molecule has 0 aliphatic heterocycles. The van der Waals surface area contributed by atoms with Crippen molar-refractivity contribution in [3.8, 4) is 0 Å². The molecule has 1 rings (SSSR count). The van der Waals surface area contributed by atoms with Crippen molar-refractivity contribution < 1.29 is 19.1 Å². The Labute approximate surface area is 204 Å². The summed E-state index contributed by atoms with van der Waals surface area (Å²) in [5.74, 6) is -0.518. The summed E-state index contributed by atoms with van der Waals surface area (Å²) in [4.78, 5) is 40.7. The van der Waals surface area contributed by atoms with Crippen LogP contribution in [0.25, 0.3) is 0 Å². The third-order valence-corrected chi connectivity index (χ3v) is 5.32. The number of nitrogens with zero attached hydrogens (tertiary/aromatic N) is 1. The average Bonchev–Trinajstić information content (AvgIpc) is 2.74. The Morgan fingerprint density at radius 3 is 2.21 bits per heavy atom. The lowest BCUT2D eigenvalue weighted by Crippen LogP contribution is -2.54. The van der Waals surface area contributed by atoms with Gasteiger partial charge in [-0.05, 0) is 46.1 Å². The summed E-state index contributed by atoms with van der Waals surface area (Å²) in [7, 11) is 0. The number of ether oxygens (including phenoxy) is 1. The van der Waals surface area contributed by atoms with Gasteiger partial charge >= 0.3 is 6.09 Å². The maximum absolute atomic E-state index is 13.6. The van der Waals surface area contributed by atoms with Gasteiger partial charge in [0, 0.05) is 18.8 Å². The minimum atomic E-state index is -0.921. The maximum atomic E-state index is 13.6. The van der Waals surface area contributed by atoms with Crippen molar-refractivity contribution in [2.24, 2.45) is 0 Å². The molecule has 0 fully saturated rings. The molecule has 33 heavy (non-hydrogen) atoms. The molecular weight excluding hydrogens is 438 g/mol. The predicted octanol–water partition coefficient (Wildman–Crippen LogP) is 4.40. The first-order valence-electron chi connectivity index (χ1n) is 11.8. The smallest absolute Gasteiger partial charge is 0.408 e. The highest BCUT2D eigenvalue weighted by Gasteiger charge is 2.35. The Balaban J connectivity index is 3.21. The number of hydrogen-bond donors (Lipinski definition) is 3. The first kappa shape index (κ1) is 28.8. The maximum Gasteiger partial charge on any atom is 0.408 e. The van der Waals surface area contributed by atoms with E-state index in [0.717, 1.165) is 30.4 Å². The number of aryl methyl sites for hydroxylation is 1. The van der Waals surface area contributed by atoms with E-state index in [9.17, 15) is 14.4 Å². The van der Waals surface area contributed by atoms with Gasteiger partial charge in [0.25, 0.3) is 0 Å². The van der Waals surface area contributed by atoms with Crippen molar-refractivity contribution in [2.75, 3.05) is 18.8 Å². The van der Waals surface area contributed by atoms with E-state index in [1.165, 1.54) is 4.90 Å². The standard InChI is InChI=1S/C25H41N3O4S/c1-7-9-10-15-26-22(29)21(19-13-11-18(3)12-14-19)28(16-8-2)23(30)20(17-33)27-24(31)32-25(4,5)6/h11-14,20-21,33H,7-10,15-17H2,1-6H3,(H,26,29)(H,27,31). The quantitative estimate of drug-likeness (QED) is 0.306. The molecule has 3 amide bonds. The van der Waals surface area contributed by atoms with Gasteiger partial charge in [0.15, 0.2) is 0 Å². The molecule has 2 atom stereocenters. The van der Waals surface area contributed by atoms with Crippen LogP contribution in [0.3, 0.4) is 0 Å². The van der Waals surface area contributed by atoms with E-state index < -0.39 is 23.8 Å². The zero-order chi connectivity index (χ0) is 25.0. The molecule has 0 bridgehead atoms. The molecule has 0 aromatic heterocycles. The summed E-state index contributed by atoms with van der Waals surface area (Å²) < 4.78 is 5.31. The van der Waals surface area contributed by atoms with E-state index in [0.29, 0.717) is 19.5 Å². The van der Waals surface area contributed by atoms with Crippen LogP contribution in [0, 0.1) is 6.92 Å². The molecule has 0 radical (unpaired) electrons. The predicted molar refractivity (Wildman–Crippen MR) is 135 cm³/mol. The number of hydrogen-bond acceptors (Lipinski definition) is 5. The first-order valence-corrected chi connectivity index (χ1v) is 12.4. The normalized spacial score (nSPS) is 13.1. The second-order valence-electron chi connectivity index (χ2n) is 9.22. The third-order valence-electron chi connectivity index (χ3n) is 4.95. The van der Waals surface area contributed by atoms with Gasteiger partial charge in [0.05, 0.1) is 0 Å². The molecule has 0 heterocycles. The summed E-state index contributed by atoms with van der Waals surface area (Å²) in [6.07, 6.45) is 2.92. The monoisotopic (exact) mass is 479 g/mol. The van der Waals surface area contributed by atoms with Gasteiger partial charge in [-0.2, -0.15) is 12.6 Å². The van der Waals surface area contributed by atoms with Gasteiger partial charge in [-0.1, -0.05) is 56.5 Å². The van der Waals surface area contributed by atoms with Crippen molar-refractivity contribution in [3.63, 3.8) is 0 Å². The molecule has 0 spiro atoms. The number of carbonyl (C=O) groups is 3. The fraction of sp³-hybridized carbons (Fsp3) is 0.640. The zero-order valence-electron chi connectivity index (χ0n) is 20.9. The Kier molecular flexibility index (Phi) is 12.3. The van der Waals surface area contributed by atoms with E-state index in [4.69, 9.17) is 4.74 Å². The number of rotatable bonds is 12. The molecule has 0 aliphatic carbocycles. The summed E-state index contributed by atoms with van der Waals surface area (Å²) in [5, 5.41) is 5.60. The topological polar surface area (TPSA) is 87.7 Å². The van der Waals surface area contributed by atoms with Crippen LogP contribution in [0.4, 0.5) is 4.79 Å². The molecule has 186 valence electrons. The van der Waals surface area contributed by atoms with Gasteiger partial charge in [-0.15, -0.1) is 0 Å². The van der Waals surface area contributed by atoms with E-state index in [-0.39, 0.29) is 17.6 Å². The molecule has 0 saturated heterocycles. The summed E-state index contributed by atoms with van der Waals surface area (Å²) in [6, 6.07) is 5.88. The number of benzene rings is 1. The Morgan fingerprint density at radius 1 is 1.06 bits per heavy atom. The molecule has 1 aromatic carbocycles. The van der Waals surface area contributed by atoms with E-state index in [1.807, 2.05) is 38.1 Å². The van der Waals surface area contributed by atoms with Crippen molar-refractivity contribution in [1.29, 1.82) is 0 Å². The van der Waals surface area contributed by atoms with Crippen LogP contribution >= 0.6 is 12.6 Å². The van der Waals surface area contributed by atoms with Crippen LogP contribution in [0.15, 0.2) is 24.3 Å². The second-order valence-corrected chi connectivity index (χ2v) is 9.59. The summed E-state index contributed by atoms with van der Waals surface area (Å²) in [5.41, 5.74) is 1.10. The first-order chi connectivity index (χ1) is 15.5. The van der Waals surface area contributed by atoms with Gasteiger partial charge in [-0.3, -0.25) is 9.59 Å². The molecule has 2 unspecified atom stereocenters. The zero-order valence-corrected chi connectivity index (χ0v) is 21.8. The van der Waals surface area contributed by atoms with Crippen LogP contribution in [0.1, 0.15) is 77.5 Å².